The summed E-state index contributed by atoms with van der Waals surface area (Å²) in [6, 6.07) is 11.2. The number of carbonyl (C=O) groups is 3. The third kappa shape index (κ3) is 4.17. The number of hydrogen-bond acceptors (Lipinski definition) is 3. The molecule has 0 saturated heterocycles. The van der Waals surface area contributed by atoms with E-state index in [2.05, 4.69) is 4.99 Å². The van der Waals surface area contributed by atoms with Crippen LogP contribution in [0.2, 0.25) is 10.0 Å². The largest absolute Gasteiger partial charge is 0.481 e. The summed E-state index contributed by atoms with van der Waals surface area (Å²) < 4.78 is 0. The monoisotopic (exact) mass is 447 g/mol. The number of carboxylic acids is 1. The Kier molecular flexibility index (Phi) is 6.43. The first-order chi connectivity index (χ1) is 14.2. The lowest BCUT2D eigenvalue weighted by molar-refractivity contribution is -0.140. The van der Waals surface area contributed by atoms with Crippen LogP contribution in [0.25, 0.3) is 0 Å². The van der Waals surface area contributed by atoms with Gasteiger partial charge in [0, 0.05) is 19.3 Å². The zero-order valence-electron chi connectivity index (χ0n) is 16.3. The molecule has 0 aliphatic carbocycles. The van der Waals surface area contributed by atoms with Crippen LogP contribution in [0.1, 0.15) is 24.1 Å². The zero-order valence-corrected chi connectivity index (χ0v) is 17.8. The van der Waals surface area contributed by atoms with E-state index >= 15 is 0 Å². The van der Waals surface area contributed by atoms with Crippen LogP contribution in [0.15, 0.2) is 53.5 Å². The first-order valence-corrected chi connectivity index (χ1v) is 9.82. The van der Waals surface area contributed by atoms with Gasteiger partial charge >= 0.3 is 18.0 Å². The Balaban J connectivity index is 2.07. The number of halogens is 2. The second-order valence-electron chi connectivity index (χ2n) is 6.93. The predicted molar refractivity (Wildman–Crippen MR) is 114 cm³/mol. The van der Waals surface area contributed by atoms with Crippen molar-refractivity contribution >= 4 is 46.9 Å². The highest BCUT2D eigenvalue weighted by molar-refractivity contribution is 6.42. The number of urea groups is 2. The van der Waals surface area contributed by atoms with Gasteiger partial charge in [-0.15, -0.1) is 0 Å². The molecular formula is C21H19Cl2N3O4. The molecule has 0 fully saturated rings. The third-order valence-electron chi connectivity index (χ3n) is 4.88. The zero-order chi connectivity index (χ0) is 22.0. The molecule has 0 radical (unpaired) electrons. The molecule has 0 saturated carbocycles. The Labute approximate surface area is 183 Å². The van der Waals surface area contributed by atoms with E-state index in [-0.39, 0.29) is 27.9 Å². The molecule has 2 unspecified atom stereocenters. The molecule has 156 valence electrons. The Morgan fingerprint density at radius 1 is 1.13 bits per heavy atom. The highest BCUT2D eigenvalue weighted by Crippen LogP contribution is 2.40. The van der Waals surface area contributed by atoms with Crippen molar-refractivity contribution < 1.29 is 19.5 Å². The van der Waals surface area contributed by atoms with Gasteiger partial charge in [0.2, 0.25) is 0 Å². The number of nitrogens with zero attached hydrogens (tertiary/aromatic N) is 3. The lowest BCUT2D eigenvalue weighted by Crippen LogP contribution is -2.52. The number of hydrogen-bond donors (Lipinski definition) is 1. The van der Waals surface area contributed by atoms with Gasteiger partial charge in [-0.3, -0.25) is 4.79 Å². The fraction of sp³-hybridized carbons (Fsp3) is 0.238. The van der Waals surface area contributed by atoms with Crippen molar-refractivity contribution in [2.45, 2.75) is 19.5 Å². The molecule has 9 heteroatoms. The SMILES string of the molecule is CC1=NC(=O)N(C(=O)N(C)Cc2ccccc2)C(c2cccc(Cl)c2Cl)C1C(=O)O. The van der Waals surface area contributed by atoms with Gasteiger partial charge in [-0.05, 0) is 24.1 Å². The topological polar surface area (TPSA) is 90.3 Å². The minimum absolute atomic E-state index is 0.0847. The number of amides is 4. The summed E-state index contributed by atoms with van der Waals surface area (Å²) in [6.45, 7) is 1.66. The molecule has 2 aromatic carbocycles. The Bertz CT molecular complexity index is 1030. The lowest BCUT2D eigenvalue weighted by atomic mass is 9.87. The molecule has 2 atom stereocenters. The van der Waals surface area contributed by atoms with E-state index in [1.54, 1.807) is 18.2 Å². The normalized spacial score (nSPS) is 18.7. The van der Waals surface area contributed by atoms with Crippen LogP contribution in [0.5, 0.6) is 0 Å². The maximum atomic E-state index is 13.3. The number of carbonyl (C=O) groups excluding carboxylic acids is 2. The van der Waals surface area contributed by atoms with E-state index in [9.17, 15) is 19.5 Å². The van der Waals surface area contributed by atoms with Gasteiger partial charge in [0.15, 0.2) is 0 Å². The lowest BCUT2D eigenvalue weighted by Gasteiger charge is -2.38. The summed E-state index contributed by atoms with van der Waals surface area (Å²) in [5.74, 6) is -2.49. The van der Waals surface area contributed by atoms with Crippen LogP contribution in [0.3, 0.4) is 0 Å². The molecule has 0 spiro atoms. The van der Waals surface area contributed by atoms with E-state index in [4.69, 9.17) is 23.2 Å². The Morgan fingerprint density at radius 2 is 1.80 bits per heavy atom. The number of imide groups is 1. The molecule has 7 nitrogen and oxygen atoms in total. The summed E-state index contributed by atoms with van der Waals surface area (Å²) in [5.41, 5.74) is 1.20. The van der Waals surface area contributed by atoms with Crippen LogP contribution in [-0.2, 0) is 11.3 Å². The molecule has 1 aliphatic rings. The maximum absolute atomic E-state index is 13.3. The van der Waals surface area contributed by atoms with Gasteiger partial charge in [-0.25, -0.2) is 19.5 Å². The van der Waals surface area contributed by atoms with E-state index < -0.39 is 30.0 Å². The van der Waals surface area contributed by atoms with Crippen molar-refractivity contribution in [3.05, 3.63) is 69.7 Å². The van der Waals surface area contributed by atoms with E-state index in [1.165, 1.54) is 18.9 Å². The molecule has 1 heterocycles. The number of carboxylic acid groups (broad SMARTS) is 1. The fourth-order valence-corrected chi connectivity index (χ4v) is 3.88. The van der Waals surface area contributed by atoms with Crippen LogP contribution in [-0.4, -0.2) is 45.7 Å². The summed E-state index contributed by atoms with van der Waals surface area (Å²) in [5, 5.41) is 10.1. The quantitative estimate of drug-likeness (QED) is 0.722. The Morgan fingerprint density at radius 3 is 2.43 bits per heavy atom. The average molecular weight is 448 g/mol. The second-order valence-corrected chi connectivity index (χ2v) is 7.72. The first-order valence-electron chi connectivity index (χ1n) is 9.06. The van der Waals surface area contributed by atoms with Crippen molar-refractivity contribution in [1.29, 1.82) is 0 Å². The maximum Gasteiger partial charge on any atom is 0.352 e. The molecule has 2 aromatic rings. The minimum atomic E-state index is -1.26. The molecule has 0 bridgehead atoms. The predicted octanol–water partition coefficient (Wildman–Crippen LogP) is 4.88. The highest BCUT2D eigenvalue weighted by Gasteiger charge is 2.46. The van der Waals surface area contributed by atoms with Gasteiger partial charge in [0.05, 0.1) is 16.1 Å². The number of aliphatic imine (C=N–C) groups is 1. The van der Waals surface area contributed by atoms with Crippen molar-refractivity contribution in [1.82, 2.24) is 9.80 Å². The molecule has 1 N–H and O–H groups in total. The summed E-state index contributed by atoms with van der Waals surface area (Å²) in [4.78, 5) is 44.1. The molecule has 1 aliphatic heterocycles. The van der Waals surface area contributed by atoms with Gasteiger partial charge in [-0.2, -0.15) is 0 Å². The van der Waals surface area contributed by atoms with E-state index in [0.717, 1.165) is 10.5 Å². The van der Waals surface area contributed by atoms with Gasteiger partial charge in [-0.1, -0.05) is 65.7 Å². The standard InChI is InChI=1S/C21H19Cl2N3O4/c1-12-16(19(27)28)18(14-9-6-10-15(22)17(14)23)26(20(29)24-12)21(30)25(2)11-13-7-4-3-5-8-13/h3-10,16,18H,11H2,1-2H3,(H,27,28). The van der Waals surface area contributed by atoms with Crippen LogP contribution >= 0.6 is 23.2 Å². The van der Waals surface area contributed by atoms with Crippen molar-refractivity contribution in [2.75, 3.05) is 7.05 Å². The van der Waals surface area contributed by atoms with E-state index in [1.807, 2.05) is 30.3 Å². The summed E-state index contributed by atoms with van der Waals surface area (Å²) in [6.07, 6.45) is 0. The smallest absolute Gasteiger partial charge is 0.352 e. The summed E-state index contributed by atoms with van der Waals surface area (Å²) in [7, 11) is 1.53. The third-order valence-corrected chi connectivity index (χ3v) is 5.72. The van der Waals surface area contributed by atoms with Crippen molar-refractivity contribution in [3.63, 3.8) is 0 Å². The Hall–Kier alpha value is -2.90. The fourth-order valence-electron chi connectivity index (χ4n) is 3.46. The first kappa shape index (κ1) is 21.8. The number of rotatable bonds is 4. The molecule has 30 heavy (non-hydrogen) atoms. The van der Waals surface area contributed by atoms with Crippen molar-refractivity contribution in [3.8, 4) is 0 Å². The average Bonchev–Trinajstić information content (AvgIpc) is 2.69. The molecule has 4 amide bonds. The highest BCUT2D eigenvalue weighted by atomic mass is 35.5. The molecule has 0 aromatic heterocycles. The second kappa shape index (κ2) is 8.85. The van der Waals surface area contributed by atoms with Crippen LogP contribution < -0.4 is 0 Å². The van der Waals surface area contributed by atoms with Crippen molar-refractivity contribution in [2.24, 2.45) is 10.9 Å². The number of aliphatic carboxylic acids is 1. The minimum Gasteiger partial charge on any atom is -0.481 e. The van der Waals surface area contributed by atoms with Gasteiger partial charge in [0.1, 0.15) is 5.92 Å². The van der Waals surface area contributed by atoms with E-state index in [0.29, 0.717) is 0 Å². The molecular weight excluding hydrogens is 429 g/mol. The van der Waals surface area contributed by atoms with Gasteiger partial charge < -0.3 is 10.0 Å². The molecule has 3 rings (SSSR count). The number of benzene rings is 2. The van der Waals surface area contributed by atoms with Crippen LogP contribution in [0.4, 0.5) is 9.59 Å². The van der Waals surface area contributed by atoms with Crippen LogP contribution in [0, 0.1) is 5.92 Å². The van der Waals surface area contributed by atoms with Gasteiger partial charge in [0.25, 0.3) is 0 Å². The summed E-state index contributed by atoms with van der Waals surface area (Å²) >= 11 is 12.5.